The normalized spacial score (nSPS) is 11.9. The maximum absolute atomic E-state index is 11.8. The number of nitrogens with zero attached hydrogens (tertiary/aromatic N) is 3. The van der Waals surface area contributed by atoms with Crippen LogP contribution in [0.5, 0.6) is 0 Å². The topological polar surface area (TPSA) is 90.9 Å². The van der Waals surface area contributed by atoms with Crippen molar-refractivity contribution >= 4 is 26.8 Å². The summed E-state index contributed by atoms with van der Waals surface area (Å²) in [4.78, 5) is 8.65. The van der Waals surface area contributed by atoms with E-state index in [-0.39, 0.29) is 10.8 Å². The number of aromatic nitrogens is 3. The highest BCUT2D eigenvalue weighted by Crippen LogP contribution is 2.25. The van der Waals surface area contributed by atoms with Crippen molar-refractivity contribution in [3.8, 4) is 0 Å². The van der Waals surface area contributed by atoms with Crippen molar-refractivity contribution in [2.24, 2.45) is 0 Å². The third kappa shape index (κ3) is 2.47. The standard InChI is InChI=1S/C14H14N4O2S/c1-21(19,20)12-7-4-6-11-13(12)17-14(15)18(11)9-10-5-2-3-8-16-10/h2-8H,9H2,1H3,(H2,15,17). The van der Waals surface area contributed by atoms with Gasteiger partial charge in [0.05, 0.1) is 22.7 Å². The number of hydrogen-bond acceptors (Lipinski definition) is 5. The molecule has 3 rings (SSSR count). The monoisotopic (exact) mass is 302 g/mol. The number of anilines is 1. The minimum absolute atomic E-state index is 0.187. The van der Waals surface area contributed by atoms with Crippen molar-refractivity contribution in [1.29, 1.82) is 0 Å². The molecule has 3 aromatic rings. The van der Waals surface area contributed by atoms with Gasteiger partial charge in [0.25, 0.3) is 0 Å². The third-order valence-corrected chi connectivity index (χ3v) is 4.35. The molecule has 108 valence electrons. The van der Waals surface area contributed by atoms with Gasteiger partial charge in [-0.2, -0.15) is 0 Å². The summed E-state index contributed by atoms with van der Waals surface area (Å²) in [7, 11) is -3.35. The lowest BCUT2D eigenvalue weighted by Gasteiger charge is -2.06. The molecule has 6 nitrogen and oxygen atoms in total. The summed E-state index contributed by atoms with van der Waals surface area (Å²) in [5.41, 5.74) is 7.85. The highest BCUT2D eigenvalue weighted by atomic mass is 32.2. The molecule has 21 heavy (non-hydrogen) atoms. The predicted octanol–water partition coefficient (Wildman–Crippen LogP) is 1.47. The number of hydrogen-bond donors (Lipinski definition) is 1. The summed E-state index contributed by atoms with van der Waals surface area (Å²) in [6, 6.07) is 10.6. The van der Waals surface area contributed by atoms with Gasteiger partial charge >= 0.3 is 0 Å². The number of nitrogens with two attached hydrogens (primary N) is 1. The van der Waals surface area contributed by atoms with Gasteiger partial charge in [0.1, 0.15) is 5.52 Å². The number of fused-ring (bicyclic) bond motifs is 1. The Morgan fingerprint density at radius 3 is 2.67 bits per heavy atom. The highest BCUT2D eigenvalue weighted by molar-refractivity contribution is 7.91. The van der Waals surface area contributed by atoms with Crippen LogP contribution in [0.4, 0.5) is 5.95 Å². The molecule has 0 fully saturated rings. The van der Waals surface area contributed by atoms with Crippen molar-refractivity contribution < 1.29 is 8.42 Å². The van der Waals surface area contributed by atoms with Crippen LogP contribution in [-0.4, -0.2) is 29.2 Å². The molecule has 0 aliphatic carbocycles. The Balaban J connectivity index is 2.19. The van der Waals surface area contributed by atoms with Gasteiger partial charge in [0, 0.05) is 12.5 Å². The minimum Gasteiger partial charge on any atom is -0.369 e. The van der Waals surface area contributed by atoms with Crippen molar-refractivity contribution in [3.63, 3.8) is 0 Å². The quantitative estimate of drug-likeness (QED) is 0.791. The molecule has 0 spiro atoms. The van der Waals surface area contributed by atoms with E-state index in [1.807, 2.05) is 18.2 Å². The first-order valence-corrected chi connectivity index (χ1v) is 8.20. The fourth-order valence-corrected chi connectivity index (χ4v) is 3.09. The number of nitrogen functional groups attached to an aromatic ring is 1. The second-order valence-corrected chi connectivity index (χ2v) is 6.76. The van der Waals surface area contributed by atoms with Crippen molar-refractivity contribution in [3.05, 3.63) is 48.3 Å². The molecule has 0 atom stereocenters. The summed E-state index contributed by atoms with van der Waals surface area (Å²) in [6.07, 6.45) is 2.86. The van der Waals surface area contributed by atoms with Crippen molar-refractivity contribution in [2.45, 2.75) is 11.4 Å². The van der Waals surface area contributed by atoms with Crippen LogP contribution in [0, 0.1) is 0 Å². The average Bonchev–Trinajstić information content (AvgIpc) is 2.75. The number of rotatable bonds is 3. The molecule has 0 bridgehead atoms. The van der Waals surface area contributed by atoms with E-state index < -0.39 is 9.84 Å². The molecule has 0 aliphatic rings. The van der Waals surface area contributed by atoms with E-state index in [0.29, 0.717) is 17.6 Å². The second-order valence-electron chi connectivity index (χ2n) is 4.77. The SMILES string of the molecule is CS(=O)(=O)c1cccc2c1nc(N)n2Cc1ccccn1. The van der Waals surface area contributed by atoms with E-state index in [0.717, 1.165) is 11.9 Å². The van der Waals surface area contributed by atoms with Gasteiger partial charge in [-0.15, -0.1) is 0 Å². The predicted molar refractivity (Wildman–Crippen MR) is 80.6 cm³/mol. The first-order valence-electron chi connectivity index (χ1n) is 6.31. The van der Waals surface area contributed by atoms with Crippen LogP contribution < -0.4 is 5.73 Å². The van der Waals surface area contributed by atoms with E-state index in [9.17, 15) is 8.42 Å². The average molecular weight is 302 g/mol. The zero-order valence-corrected chi connectivity index (χ0v) is 12.2. The summed E-state index contributed by atoms with van der Waals surface area (Å²) in [6.45, 7) is 0.441. The smallest absolute Gasteiger partial charge is 0.201 e. The Labute approximate surface area is 122 Å². The van der Waals surface area contributed by atoms with Gasteiger partial charge in [-0.1, -0.05) is 12.1 Å². The number of imidazole rings is 1. The summed E-state index contributed by atoms with van der Waals surface area (Å²) < 4.78 is 25.4. The molecule has 0 unspecified atom stereocenters. The zero-order chi connectivity index (χ0) is 15.0. The third-order valence-electron chi connectivity index (χ3n) is 3.22. The molecule has 0 radical (unpaired) electrons. The van der Waals surface area contributed by atoms with E-state index in [4.69, 9.17) is 5.73 Å². The highest BCUT2D eigenvalue weighted by Gasteiger charge is 2.17. The van der Waals surface area contributed by atoms with Gasteiger partial charge in [-0.3, -0.25) is 4.98 Å². The minimum atomic E-state index is -3.35. The van der Waals surface area contributed by atoms with Crippen molar-refractivity contribution in [2.75, 3.05) is 12.0 Å². The molecule has 7 heteroatoms. The van der Waals surface area contributed by atoms with Gasteiger partial charge in [0.15, 0.2) is 9.84 Å². The van der Waals surface area contributed by atoms with E-state index in [1.165, 1.54) is 6.07 Å². The van der Waals surface area contributed by atoms with Crippen LogP contribution in [0.3, 0.4) is 0 Å². The van der Waals surface area contributed by atoms with Crippen molar-refractivity contribution in [1.82, 2.24) is 14.5 Å². The van der Waals surface area contributed by atoms with Crippen LogP contribution in [0.2, 0.25) is 0 Å². The van der Waals surface area contributed by atoms with E-state index in [1.54, 1.807) is 22.9 Å². The Kier molecular flexibility index (Phi) is 3.13. The lowest BCUT2D eigenvalue weighted by Crippen LogP contribution is -2.05. The molecule has 2 N–H and O–H groups in total. The summed E-state index contributed by atoms with van der Waals surface area (Å²) in [5.74, 6) is 0.270. The molecule has 2 aromatic heterocycles. The lowest BCUT2D eigenvalue weighted by atomic mass is 10.3. The fourth-order valence-electron chi connectivity index (χ4n) is 2.26. The Hall–Kier alpha value is -2.41. The van der Waals surface area contributed by atoms with Crippen LogP contribution in [0.1, 0.15) is 5.69 Å². The fraction of sp³-hybridized carbons (Fsp3) is 0.143. The maximum Gasteiger partial charge on any atom is 0.201 e. The molecule has 2 heterocycles. The largest absolute Gasteiger partial charge is 0.369 e. The zero-order valence-electron chi connectivity index (χ0n) is 11.4. The number of pyridine rings is 1. The van der Waals surface area contributed by atoms with Gasteiger partial charge < -0.3 is 10.3 Å². The van der Waals surface area contributed by atoms with Gasteiger partial charge in [-0.05, 0) is 24.3 Å². The molecule has 0 saturated heterocycles. The first-order chi connectivity index (χ1) is 9.97. The molecule has 0 amide bonds. The van der Waals surface area contributed by atoms with Crippen LogP contribution in [0.15, 0.2) is 47.5 Å². The molecule has 0 saturated carbocycles. The van der Waals surface area contributed by atoms with E-state index >= 15 is 0 Å². The molecular formula is C14H14N4O2S. The lowest BCUT2D eigenvalue weighted by molar-refractivity contribution is 0.602. The van der Waals surface area contributed by atoms with Crippen LogP contribution in [0.25, 0.3) is 11.0 Å². The van der Waals surface area contributed by atoms with Crippen LogP contribution in [-0.2, 0) is 16.4 Å². The number of sulfone groups is 1. The Morgan fingerprint density at radius 2 is 2.00 bits per heavy atom. The van der Waals surface area contributed by atoms with Gasteiger partial charge in [0.2, 0.25) is 5.95 Å². The van der Waals surface area contributed by atoms with Crippen LogP contribution >= 0.6 is 0 Å². The van der Waals surface area contributed by atoms with E-state index in [2.05, 4.69) is 9.97 Å². The Bertz CT molecular complexity index is 901. The summed E-state index contributed by atoms with van der Waals surface area (Å²) in [5, 5.41) is 0. The number of benzene rings is 1. The second kappa shape index (κ2) is 4.85. The molecular weight excluding hydrogens is 288 g/mol. The number of para-hydroxylation sites is 1. The molecule has 0 aliphatic heterocycles. The van der Waals surface area contributed by atoms with Gasteiger partial charge in [-0.25, -0.2) is 13.4 Å². The molecule has 1 aromatic carbocycles. The summed E-state index contributed by atoms with van der Waals surface area (Å²) >= 11 is 0. The Morgan fingerprint density at radius 1 is 1.19 bits per heavy atom. The first kappa shape index (κ1) is 13.6. The maximum atomic E-state index is 11.8.